The van der Waals surface area contributed by atoms with Crippen LogP contribution in [0.1, 0.15) is 20.3 Å². The Labute approximate surface area is 164 Å². The van der Waals surface area contributed by atoms with Gasteiger partial charge in [0.05, 0.1) is 12.4 Å². The lowest BCUT2D eigenvalue weighted by Crippen LogP contribution is -2.47. The Hall–Kier alpha value is -2.65. The van der Waals surface area contributed by atoms with Gasteiger partial charge in [0.2, 0.25) is 11.8 Å². The quantitative estimate of drug-likeness (QED) is 0.616. The number of piperazine rings is 1. The number of nitrogens with two attached hydrogens (primary N) is 1. The molecule has 4 heterocycles. The summed E-state index contributed by atoms with van der Waals surface area (Å²) in [4.78, 5) is 13.8. The lowest BCUT2D eigenvalue weighted by molar-refractivity contribution is 0.0701. The molecular weight excluding hydrogens is 358 g/mol. The van der Waals surface area contributed by atoms with E-state index < -0.39 is 0 Å². The Bertz CT molecular complexity index is 899. The number of rotatable bonds is 7. The second kappa shape index (κ2) is 8.15. The molecule has 28 heavy (non-hydrogen) atoms. The molecule has 0 radical (unpaired) electrons. The van der Waals surface area contributed by atoms with Crippen molar-refractivity contribution in [1.82, 2.24) is 24.5 Å². The molecule has 0 aliphatic carbocycles. The van der Waals surface area contributed by atoms with E-state index in [1.165, 1.54) is 0 Å². The van der Waals surface area contributed by atoms with Crippen LogP contribution < -0.4 is 10.6 Å². The minimum atomic E-state index is 0.300. The molecule has 4 rings (SSSR count). The molecule has 0 spiro atoms. The summed E-state index contributed by atoms with van der Waals surface area (Å²) < 4.78 is 12.5. The molecule has 0 atom stereocenters. The number of nitrogen functional groups attached to an aromatic ring is 1. The molecule has 3 aromatic rings. The smallest absolute Gasteiger partial charge is 0.225 e. The number of furan rings is 1. The van der Waals surface area contributed by atoms with Crippen LogP contribution in [0.4, 0.5) is 11.8 Å². The summed E-state index contributed by atoms with van der Waals surface area (Å²) in [5.41, 5.74) is 6.80. The number of hydrogen-bond donors (Lipinski definition) is 1. The first-order valence-corrected chi connectivity index (χ1v) is 9.76. The third-order valence-electron chi connectivity index (χ3n) is 4.84. The first-order valence-electron chi connectivity index (χ1n) is 9.76. The molecule has 0 saturated carbocycles. The Morgan fingerprint density at radius 2 is 2.04 bits per heavy atom. The summed E-state index contributed by atoms with van der Waals surface area (Å²) >= 11 is 0. The minimum Gasteiger partial charge on any atom is -0.461 e. The minimum absolute atomic E-state index is 0.300. The fourth-order valence-electron chi connectivity index (χ4n) is 3.38. The average molecular weight is 385 g/mol. The van der Waals surface area contributed by atoms with Crippen molar-refractivity contribution < 1.29 is 9.15 Å². The van der Waals surface area contributed by atoms with Crippen molar-refractivity contribution in [3.63, 3.8) is 0 Å². The topological polar surface area (TPSA) is 98.0 Å². The Balaban J connectivity index is 1.40. The van der Waals surface area contributed by atoms with E-state index in [1.807, 2.05) is 18.2 Å². The number of nitrogens with zero attached hydrogens (tertiary/aromatic N) is 6. The predicted octanol–water partition coefficient (Wildman–Crippen LogP) is 1.90. The van der Waals surface area contributed by atoms with Gasteiger partial charge < -0.3 is 19.8 Å². The van der Waals surface area contributed by atoms with Crippen LogP contribution in [0.2, 0.25) is 0 Å². The largest absolute Gasteiger partial charge is 0.461 e. The van der Waals surface area contributed by atoms with Crippen molar-refractivity contribution in [2.24, 2.45) is 0 Å². The highest BCUT2D eigenvalue weighted by atomic mass is 16.5. The van der Waals surface area contributed by atoms with Crippen molar-refractivity contribution in [2.75, 3.05) is 50.0 Å². The second-order valence-corrected chi connectivity index (χ2v) is 7.26. The van der Waals surface area contributed by atoms with Gasteiger partial charge in [-0.05, 0) is 32.4 Å². The van der Waals surface area contributed by atoms with Gasteiger partial charge in [0.1, 0.15) is 5.82 Å². The summed E-state index contributed by atoms with van der Waals surface area (Å²) in [5.74, 6) is 2.28. The molecule has 0 bridgehead atoms. The number of hydrogen-bond acceptors (Lipinski definition) is 8. The van der Waals surface area contributed by atoms with E-state index in [0.29, 0.717) is 29.3 Å². The summed E-state index contributed by atoms with van der Waals surface area (Å²) in [6.07, 6.45) is 2.96. The van der Waals surface area contributed by atoms with E-state index in [2.05, 4.69) is 38.7 Å². The van der Waals surface area contributed by atoms with Crippen molar-refractivity contribution in [3.8, 4) is 11.6 Å². The second-order valence-electron chi connectivity index (χ2n) is 7.26. The number of ether oxygens (including phenoxy) is 1. The lowest BCUT2D eigenvalue weighted by Gasteiger charge is -2.35. The maximum absolute atomic E-state index is 6.13. The van der Waals surface area contributed by atoms with Gasteiger partial charge >= 0.3 is 0 Å². The predicted molar refractivity (Wildman–Crippen MR) is 107 cm³/mol. The fourth-order valence-corrected chi connectivity index (χ4v) is 3.38. The molecule has 0 aromatic carbocycles. The molecule has 1 fully saturated rings. The molecule has 1 aliphatic rings. The molecule has 2 N–H and O–H groups in total. The molecule has 0 amide bonds. The molecule has 0 unspecified atom stereocenters. The highest BCUT2D eigenvalue weighted by Gasteiger charge is 2.20. The molecule has 150 valence electrons. The first kappa shape index (κ1) is 18.7. The summed E-state index contributed by atoms with van der Waals surface area (Å²) in [7, 11) is 0. The van der Waals surface area contributed by atoms with Crippen molar-refractivity contribution in [1.29, 1.82) is 0 Å². The van der Waals surface area contributed by atoms with Crippen LogP contribution in [-0.4, -0.2) is 69.9 Å². The van der Waals surface area contributed by atoms with E-state index in [4.69, 9.17) is 14.9 Å². The van der Waals surface area contributed by atoms with E-state index in [9.17, 15) is 0 Å². The van der Waals surface area contributed by atoms with Gasteiger partial charge in [0, 0.05) is 45.4 Å². The zero-order valence-electron chi connectivity index (χ0n) is 16.4. The average Bonchev–Trinajstić information content (AvgIpc) is 3.35. The van der Waals surface area contributed by atoms with Crippen LogP contribution in [0.25, 0.3) is 17.2 Å². The van der Waals surface area contributed by atoms with Crippen molar-refractivity contribution in [2.45, 2.75) is 26.4 Å². The van der Waals surface area contributed by atoms with Gasteiger partial charge in [-0.3, -0.25) is 4.90 Å². The summed E-state index contributed by atoms with van der Waals surface area (Å²) in [6.45, 7) is 9.84. The zero-order chi connectivity index (χ0) is 19.5. The highest BCUT2D eigenvalue weighted by molar-refractivity contribution is 5.59. The Morgan fingerprint density at radius 1 is 1.21 bits per heavy atom. The SMILES string of the molecule is CC(C)OCCCN1CCN(c2cc3nc(-c4ccco4)nn3c(N)n2)CC1. The van der Waals surface area contributed by atoms with Gasteiger partial charge in [-0.1, -0.05) is 0 Å². The molecule has 9 nitrogen and oxygen atoms in total. The molecular formula is C19H27N7O2. The molecule has 1 aliphatic heterocycles. The zero-order valence-corrected chi connectivity index (χ0v) is 16.4. The monoisotopic (exact) mass is 385 g/mol. The summed E-state index contributed by atoms with van der Waals surface area (Å²) in [6, 6.07) is 5.56. The van der Waals surface area contributed by atoms with Crippen molar-refractivity contribution in [3.05, 3.63) is 24.5 Å². The van der Waals surface area contributed by atoms with Gasteiger partial charge in [-0.15, -0.1) is 5.10 Å². The summed E-state index contributed by atoms with van der Waals surface area (Å²) in [5, 5.41) is 4.39. The highest BCUT2D eigenvalue weighted by Crippen LogP contribution is 2.22. The molecule has 9 heteroatoms. The molecule has 3 aromatic heterocycles. The van der Waals surface area contributed by atoms with Crippen LogP contribution in [0, 0.1) is 0 Å². The van der Waals surface area contributed by atoms with Gasteiger partial charge in [0.25, 0.3) is 0 Å². The lowest BCUT2D eigenvalue weighted by atomic mass is 10.3. The van der Waals surface area contributed by atoms with Crippen LogP contribution >= 0.6 is 0 Å². The van der Waals surface area contributed by atoms with E-state index in [1.54, 1.807) is 10.8 Å². The van der Waals surface area contributed by atoms with Crippen molar-refractivity contribution >= 4 is 17.4 Å². The normalized spacial score (nSPS) is 15.8. The number of anilines is 2. The van der Waals surface area contributed by atoms with E-state index in [-0.39, 0.29) is 0 Å². The maximum Gasteiger partial charge on any atom is 0.225 e. The van der Waals surface area contributed by atoms with Crippen LogP contribution in [0.15, 0.2) is 28.9 Å². The number of fused-ring (bicyclic) bond motifs is 1. The van der Waals surface area contributed by atoms with E-state index in [0.717, 1.165) is 51.6 Å². The van der Waals surface area contributed by atoms with Gasteiger partial charge in [0.15, 0.2) is 11.4 Å². The van der Waals surface area contributed by atoms with E-state index >= 15 is 0 Å². The Morgan fingerprint density at radius 3 is 2.75 bits per heavy atom. The number of aromatic nitrogens is 4. The molecule has 1 saturated heterocycles. The van der Waals surface area contributed by atoms with Gasteiger partial charge in [-0.25, -0.2) is 4.98 Å². The van der Waals surface area contributed by atoms with Crippen LogP contribution in [0.5, 0.6) is 0 Å². The third kappa shape index (κ3) is 4.10. The van der Waals surface area contributed by atoms with Crippen LogP contribution in [0.3, 0.4) is 0 Å². The van der Waals surface area contributed by atoms with Crippen LogP contribution in [-0.2, 0) is 4.74 Å². The Kier molecular flexibility index (Phi) is 5.45. The standard InChI is InChI=1S/C19H27N7O2/c1-14(2)27-12-4-6-24-7-9-25(10-8-24)16-13-17-21-18(15-5-3-11-28-15)23-26(17)19(20)22-16/h3,5,11,13-14H,4,6-10,12H2,1-2H3,(H2,20,22). The van der Waals surface area contributed by atoms with Gasteiger partial charge in [-0.2, -0.15) is 9.50 Å². The first-order chi connectivity index (χ1) is 13.6. The third-order valence-corrected chi connectivity index (χ3v) is 4.84. The fraction of sp³-hybridized carbons (Fsp3) is 0.526. The maximum atomic E-state index is 6.13.